The molecule has 0 saturated carbocycles. The van der Waals surface area contributed by atoms with Gasteiger partial charge in [-0.2, -0.15) is 4.98 Å². The van der Waals surface area contributed by atoms with Gasteiger partial charge in [0.1, 0.15) is 0 Å². The first-order valence-corrected chi connectivity index (χ1v) is 5.85. The molecule has 0 bridgehead atoms. The van der Waals surface area contributed by atoms with E-state index in [0.29, 0.717) is 18.3 Å². The highest BCUT2D eigenvalue weighted by atomic mass is 16.5. The van der Waals surface area contributed by atoms with Gasteiger partial charge in [0.25, 0.3) is 0 Å². The van der Waals surface area contributed by atoms with E-state index in [-0.39, 0.29) is 5.92 Å². The largest absolute Gasteiger partial charge is 0.339 e. The fourth-order valence-electron chi connectivity index (χ4n) is 1.66. The molecule has 0 spiro atoms. The molecular weight excluding hydrogens is 214 g/mol. The van der Waals surface area contributed by atoms with Crippen molar-refractivity contribution in [1.82, 2.24) is 10.1 Å². The van der Waals surface area contributed by atoms with E-state index in [9.17, 15) is 0 Å². The summed E-state index contributed by atoms with van der Waals surface area (Å²) < 4.78 is 5.25. The quantitative estimate of drug-likeness (QED) is 0.878. The molecule has 1 atom stereocenters. The van der Waals surface area contributed by atoms with Gasteiger partial charge in [-0.1, -0.05) is 41.9 Å². The molecule has 0 fully saturated rings. The summed E-state index contributed by atoms with van der Waals surface area (Å²) in [6, 6.07) is 8.05. The van der Waals surface area contributed by atoms with E-state index in [0.717, 1.165) is 12.0 Å². The lowest BCUT2D eigenvalue weighted by Crippen LogP contribution is -2.11. The zero-order valence-corrected chi connectivity index (χ0v) is 10.2. The minimum Gasteiger partial charge on any atom is -0.339 e. The maximum Gasteiger partial charge on any atom is 0.231 e. The predicted molar refractivity (Wildman–Crippen MR) is 66.6 cm³/mol. The Kier molecular flexibility index (Phi) is 3.54. The van der Waals surface area contributed by atoms with Crippen molar-refractivity contribution in [1.29, 1.82) is 0 Å². The van der Waals surface area contributed by atoms with Crippen LogP contribution in [-0.2, 0) is 0 Å². The molecule has 1 aromatic heterocycles. The van der Waals surface area contributed by atoms with Gasteiger partial charge in [0.15, 0.2) is 0 Å². The van der Waals surface area contributed by atoms with E-state index in [4.69, 9.17) is 10.3 Å². The summed E-state index contributed by atoms with van der Waals surface area (Å²) in [6.07, 6.45) is 0.909. The van der Waals surface area contributed by atoms with Crippen LogP contribution in [0.15, 0.2) is 28.8 Å². The molecular formula is C13H17N3O. The van der Waals surface area contributed by atoms with Crippen LogP contribution in [0.2, 0.25) is 0 Å². The van der Waals surface area contributed by atoms with E-state index in [2.05, 4.69) is 17.1 Å². The van der Waals surface area contributed by atoms with Crippen molar-refractivity contribution < 1.29 is 4.52 Å². The van der Waals surface area contributed by atoms with Gasteiger partial charge in [0.2, 0.25) is 11.7 Å². The van der Waals surface area contributed by atoms with E-state index < -0.39 is 0 Å². The van der Waals surface area contributed by atoms with Crippen molar-refractivity contribution in [2.24, 2.45) is 5.73 Å². The topological polar surface area (TPSA) is 64.9 Å². The van der Waals surface area contributed by atoms with Crippen molar-refractivity contribution in [2.45, 2.75) is 26.2 Å². The molecule has 2 aromatic rings. The van der Waals surface area contributed by atoms with Crippen LogP contribution >= 0.6 is 0 Å². The number of benzene rings is 1. The molecule has 0 saturated heterocycles. The number of nitrogens with two attached hydrogens (primary N) is 1. The molecule has 1 heterocycles. The van der Waals surface area contributed by atoms with Gasteiger partial charge in [0, 0.05) is 12.1 Å². The van der Waals surface area contributed by atoms with E-state index in [1.165, 1.54) is 5.56 Å². The lowest BCUT2D eigenvalue weighted by atomic mass is 10.1. The predicted octanol–water partition coefficient (Wildman–Crippen LogP) is 2.50. The summed E-state index contributed by atoms with van der Waals surface area (Å²) in [5, 5.41) is 3.99. The van der Waals surface area contributed by atoms with E-state index in [1.807, 2.05) is 31.2 Å². The van der Waals surface area contributed by atoms with Gasteiger partial charge in [-0.15, -0.1) is 0 Å². The highest BCUT2D eigenvalue weighted by Crippen LogP contribution is 2.21. The van der Waals surface area contributed by atoms with Crippen LogP contribution in [0.1, 0.15) is 30.7 Å². The van der Waals surface area contributed by atoms with Gasteiger partial charge in [-0.05, 0) is 13.3 Å². The van der Waals surface area contributed by atoms with Crippen LogP contribution in [0.3, 0.4) is 0 Å². The second kappa shape index (κ2) is 5.10. The van der Waals surface area contributed by atoms with Crippen LogP contribution in [0.5, 0.6) is 0 Å². The van der Waals surface area contributed by atoms with Gasteiger partial charge in [-0.25, -0.2) is 0 Å². The minimum atomic E-state index is 0.154. The van der Waals surface area contributed by atoms with Crippen LogP contribution < -0.4 is 5.73 Å². The zero-order valence-electron chi connectivity index (χ0n) is 10.2. The third-order valence-electron chi connectivity index (χ3n) is 2.88. The SMILES string of the molecule is CCC(CN)c1nc(-c2ccc(C)cc2)no1. The molecule has 2 N–H and O–H groups in total. The highest BCUT2D eigenvalue weighted by Gasteiger charge is 2.16. The minimum absolute atomic E-state index is 0.154. The molecule has 4 nitrogen and oxygen atoms in total. The number of hydrogen-bond acceptors (Lipinski definition) is 4. The molecule has 2 rings (SSSR count). The lowest BCUT2D eigenvalue weighted by molar-refractivity contribution is 0.351. The molecule has 17 heavy (non-hydrogen) atoms. The van der Waals surface area contributed by atoms with Crippen molar-refractivity contribution >= 4 is 0 Å². The maximum atomic E-state index is 5.66. The Morgan fingerprint density at radius 1 is 1.29 bits per heavy atom. The van der Waals surface area contributed by atoms with Crippen LogP contribution in [-0.4, -0.2) is 16.7 Å². The smallest absolute Gasteiger partial charge is 0.231 e. The van der Waals surface area contributed by atoms with Crippen molar-refractivity contribution in [3.05, 3.63) is 35.7 Å². The van der Waals surface area contributed by atoms with Crippen molar-refractivity contribution in [3.8, 4) is 11.4 Å². The Bertz CT molecular complexity index is 472. The molecule has 4 heteroatoms. The molecule has 1 unspecified atom stereocenters. The molecule has 0 radical (unpaired) electrons. The number of hydrogen-bond donors (Lipinski definition) is 1. The Morgan fingerprint density at radius 3 is 2.59 bits per heavy atom. The van der Waals surface area contributed by atoms with Crippen LogP contribution in [0.4, 0.5) is 0 Å². The van der Waals surface area contributed by atoms with Crippen LogP contribution in [0, 0.1) is 6.92 Å². The first-order chi connectivity index (χ1) is 8.24. The fraction of sp³-hybridized carbons (Fsp3) is 0.385. The summed E-state index contributed by atoms with van der Waals surface area (Å²) in [5.74, 6) is 1.42. The highest BCUT2D eigenvalue weighted by molar-refractivity contribution is 5.54. The van der Waals surface area contributed by atoms with E-state index in [1.54, 1.807) is 0 Å². The third-order valence-corrected chi connectivity index (χ3v) is 2.88. The van der Waals surface area contributed by atoms with Crippen molar-refractivity contribution in [3.63, 3.8) is 0 Å². The molecule has 90 valence electrons. The average Bonchev–Trinajstić information content (AvgIpc) is 2.81. The Balaban J connectivity index is 2.26. The molecule has 0 aliphatic heterocycles. The Hall–Kier alpha value is -1.68. The molecule has 0 aliphatic rings. The zero-order chi connectivity index (χ0) is 12.3. The second-order valence-corrected chi connectivity index (χ2v) is 4.16. The monoisotopic (exact) mass is 231 g/mol. The lowest BCUT2D eigenvalue weighted by Gasteiger charge is -2.04. The van der Waals surface area contributed by atoms with Gasteiger partial charge >= 0.3 is 0 Å². The number of aryl methyl sites for hydroxylation is 1. The van der Waals surface area contributed by atoms with E-state index >= 15 is 0 Å². The van der Waals surface area contributed by atoms with Gasteiger partial charge < -0.3 is 10.3 Å². The summed E-state index contributed by atoms with van der Waals surface area (Å²) in [6.45, 7) is 4.65. The molecule has 0 amide bonds. The normalized spacial score (nSPS) is 12.6. The standard InChI is InChI=1S/C13H17N3O/c1-3-10(8-14)13-15-12(16-17-13)11-6-4-9(2)5-7-11/h4-7,10H,3,8,14H2,1-2H3. The Morgan fingerprint density at radius 2 is 2.00 bits per heavy atom. The third kappa shape index (κ3) is 2.53. The summed E-state index contributed by atoms with van der Waals surface area (Å²) in [4.78, 5) is 4.39. The summed E-state index contributed by atoms with van der Waals surface area (Å²) in [5.41, 5.74) is 7.84. The first-order valence-electron chi connectivity index (χ1n) is 5.85. The molecule has 1 aromatic carbocycles. The Labute approximate surface area is 101 Å². The molecule has 0 aliphatic carbocycles. The van der Waals surface area contributed by atoms with Crippen LogP contribution in [0.25, 0.3) is 11.4 Å². The number of aromatic nitrogens is 2. The second-order valence-electron chi connectivity index (χ2n) is 4.16. The fourth-order valence-corrected chi connectivity index (χ4v) is 1.66. The summed E-state index contributed by atoms with van der Waals surface area (Å²) >= 11 is 0. The van der Waals surface area contributed by atoms with Gasteiger partial charge in [-0.3, -0.25) is 0 Å². The average molecular weight is 231 g/mol. The van der Waals surface area contributed by atoms with Crippen molar-refractivity contribution in [2.75, 3.05) is 6.54 Å². The number of nitrogens with zero attached hydrogens (tertiary/aromatic N) is 2. The maximum absolute atomic E-state index is 5.66. The van der Waals surface area contributed by atoms with Gasteiger partial charge in [0.05, 0.1) is 5.92 Å². The summed E-state index contributed by atoms with van der Waals surface area (Å²) in [7, 11) is 0. The first kappa shape index (κ1) is 11.8. The number of rotatable bonds is 4.